The van der Waals surface area contributed by atoms with Crippen molar-refractivity contribution in [2.24, 2.45) is 5.92 Å². The van der Waals surface area contributed by atoms with E-state index < -0.39 is 0 Å². The Hall–Kier alpha value is -1.89. The maximum absolute atomic E-state index is 12.2. The van der Waals surface area contributed by atoms with E-state index >= 15 is 0 Å². The van der Waals surface area contributed by atoms with Crippen molar-refractivity contribution < 1.29 is 14.4 Å². The first-order chi connectivity index (χ1) is 11.9. The molecule has 0 spiro atoms. The lowest BCUT2D eigenvalue weighted by atomic mass is 10.1. The minimum Gasteiger partial charge on any atom is -0.352 e. The van der Waals surface area contributed by atoms with Crippen LogP contribution in [-0.2, 0) is 9.59 Å². The molecule has 0 radical (unpaired) electrons. The Kier molecular flexibility index (Phi) is 6.99. The topological polar surface area (TPSA) is 69.7 Å². The number of carbonyl (C=O) groups is 3. The molecule has 25 heavy (non-hydrogen) atoms. The van der Waals surface area contributed by atoms with Crippen LogP contribution in [-0.4, -0.2) is 60.2 Å². The van der Waals surface area contributed by atoms with E-state index in [1.165, 1.54) is 0 Å². The Labute approximate surface area is 156 Å². The fourth-order valence-corrected chi connectivity index (χ4v) is 2.95. The van der Waals surface area contributed by atoms with Crippen LogP contribution in [0.3, 0.4) is 0 Å². The number of benzene rings is 1. The fourth-order valence-electron chi connectivity index (χ4n) is 2.69. The minimum absolute atomic E-state index is 0.00718. The van der Waals surface area contributed by atoms with Crippen molar-refractivity contribution in [1.29, 1.82) is 0 Å². The molecule has 0 aliphatic carbocycles. The summed E-state index contributed by atoms with van der Waals surface area (Å²) in [5.41, 5.74) is 0.566. The third kappa shape index (κ3) is 5.56. The van der Waals surface area contributed by atoms with Crippen LogP contribution in [0.5, 0.6) is 0 Å². The van der Waals surface area contributed by atoms with E-state index in [4.69, 9.17) is 0 Å². The molecule has 1 saturated heterocycles. The number of nitrogens with zero attached hydrogens (tertiary/aromatic N) is 2. The van der Waals surface area contributed by atoms with Gasteiger partial charge in [0.2, 0.25) is 11.8 Å². The van der Waals surface area contributed by atoms with Gasteiger partial charge in [0.1, 0.15) is 0 Å². The van der Waals surface area contributed by atoms with Crippen molar-refractivity contribution in [3.8, 4) is 0 Å². The molecule has 1 N–H and O–H groups in total. The van der Waals surface area contributed by atoms with Gasteiger partial charge in [-0.2, -0.15) is 0 Å². The maximum atomic E-state index is 12.2. The predicted octanol–water partition coefficient (Wildman–Crippen LogP) is 1.90. The highest BCUT2D eigenvalue weighted by molar-refractivity contribution is 9.10. The Morgan fingerprint density at radius 3 is 2.16 bits per heavy atom. The number of piperazine rings is 1. The van der Waals surface area contributed by atoms with Crippen molar-refractivity contribution in [3.05, 3.63) is 34.3 Å². The van der Waals surface area contributed by atoms with Crippen LogP contribution >= 0.6 is 15.9 Å². The van der Waals surface area contributed by atoms with Crippen LogP contribution < -0.4 is 5.32 Å². The standard InChI is InChI=1S/C18H24BrN3O3/c1-13(2)18(25)22-11-9-21(10-12-22)16(23)7-8-20-17(24)14-3-5-15(19)6-4-14/h3-6,13H,7-12H2,1-2H3,(H,20,24). The molecule has 1 heterocycles. The van der Waals surface area contributed by atoms with Crippen LogP contribution in [0.1, 0.15) is 30.6 Å². The molecule has 1 aliphatic rings. The fraction of sp³-hybridized carbons (Fsp3) is 0.500. The molecule has 1 aromatic carbocycles. The third-order valence-corrected chi connectivity index (χ3v) is 4.70. The average Bonchev–Trinajstić information content (AvgIpc) is 2.61. The second kappa shape index (κ2) is 8.99. The van der Waals surface area contributed by atoms with Crippen molar-refractivity contribution in [2.75, 3.05) is 32.7 Å². The smallest absolute Gasteiger partial charge is 0.251 e. The van der Waals surface area contributed by atoms with E-state index in [9.17, 15) is 14.4 Å². The number of rotatable bonds is 5. The van der Waals surface area contributed by atoms with Crippen molar-refractivity contribution in [1.82, 2.24) is 15.1 Å². The highest BCUT2D eigenvalue weighted by Gasteiger charge is 2.25. The Bertz CT molecular complexity index is 623. The quantitative estimate of drug-likeness (QED) is 0.806. The molecule has 1 fully saturated rings. The third-order valence-electron chi connectivity index (χ3n) is 4.17. The van der Waals surface area contributed by atoms with E-state index in [1.807, 2.05) is 18.7 Å². The zero-order valence-electron chi connectivity index (χ0n) is 14.6. The van der Waals surface area contributed by atoms with Crippen LogP contribution in [0.15, 0.2) is 28.7 Å². The van der Waals surface area contributed by atoms with Crippen molar-refractivity contribution in [2.45, 2.75) is 20.3 Å². The normalized spacial score (nSPS) is 14.6. The molecule has 2 rings (SSSR count). The SMILES string of the molecule is CC(C)C(=O)N1CCN(C(=O)CCNC(=O)c2ccc(Br)cc2)CC1. The lowest BCUT2D eigenvalue weighted by Crippen LogP contribution is -2.51. The molecule has 0 aromatic heterocycles. The summed E-state index contributed by atoms with van der Waals surface area (Å²) in [4.78, 5) is 39.8. The highest BCUT2D eigenvalue weighted by atomic mass is 79.9. The number of hydrogen-bond acceptors (Lipinski definition) is 3. The van der Waals surface area contributed by atoms with E-state index in [0.717, 1.165) is 4.47 Å². The van der Waals surface area contributed by atoms with Gasteiger partial charge in [0.15, 0.2) is 0 Å². The molecule has 7 heteroatoms. The number of nitrogens with one attached hydrogen (secondary N) is 1. The van der Waals surface area contributed by atoms with Gasteiger partial charge in [0, 0.05) is 55.1 Å². The lowest BCUT2D eigenvalue weighted by Gasteiger charge is -2.35. The summed E-state index contributed by atoms with van der Waals surface area (Å²) in [6.45, 7) is 6.33. The van der Waals surface area contributed by atoms with Gasteiger partial charge < -0.3 is 15.1 Å². The molecule has 0 bridgehead atoms. The molecular formula is C18H24BrN3O3. The summed E-state index contributed by atoms with van der Waals surface area (Å²) in [5.74, 6) is -0.0645. The van der Waals surface area contributed by atoms with Crippen LogP contribution in [0.25, 0.3) is 0 Å². The Morgan fingerprint density at radius 2 is 1.60 bits per heavy atom. The zero-order chi connectivity index (χ0) is 18.4. The van der Waals surface area contributed by atoms with Gasteiger partial charge in [-0.15, -0.1) is 0 Å². The molecule has 1 aromatic rings. The second-order valence-electron chi connectivity index (χ2n) is 6.37. The Morgan fingerprint density at radius 1 is 1.04 bits per heavy atom. The predicted molar refractivity (Wildman–Crippen MR) is 99.1 cm³/mol. The summed E-state index contributed by atoms with van der Waals surface area (Å²) in [5, 5.41) is 2.76. The number of halogens is 1. The van der Waals surface area contributed by atoms with E-state index in [-0.39, 0.29) is 30.1 Å². The Balaban J connectivity index is 1.71. The summed E-state index contributed by atoms with van der Waals surface area (Å²) in [6.07, 6.45) is 0.264. The summed E-state index contributed by atoms with van der Waals surface area (Å²) >= 11 is 3.32. The van der Waals surface area contributed by atoms with Gasteiger partial charge in [0.25, 0.3) is 5.91 Å². The molecular weight excluding hydrogens is 386 g/mol. The summed E-state index contributed by atoms with van der Waals surface area (Å²) < 4.78 is 0.911. The van der Waals surface area contributed by atoms with Gasteiger partial charge >= 0.3 is 0 Å². The molecule has 136 valence electrons. The molecule has 0 saturated carbocycles. The number of amides is 3. The van der Waals surface area contributed by atoms with Gasteiger partial charge in [-0.3, -0.25) is 14.4 Å². The molecule has 0 unspecified atom stereocenters. The summed E-state index contributed by atoms with van der Waals surface area (Å²) in [6, 6.07) is 7.06. The maximum Gasteiger partial charge on any atom is 0.251 e. The molecule has 1 aliphatic heterocycles. The largest absolute Gasteiger partial charge is 0.352 e. The van der Waals surface area contributed by atoms with Gasteiger partial charge in [-0.05, 0) is 24.3 Å². The van der Waals surface area contributed by atoms with Crippen LogP contribution in [0.2, 0.25) is 0 Å². The number of hydrogen-bond donors (Lipinski definition) is 1. The molecule has 6 nitrogen and oxygen atoms in total. The first-order valence-corrected chi connectivity index (χ1v) is 9.28. The first kappa shape index (κ1) is 19.4. The van der Waals surface area contributed by atoms with Crippen molar-refractivity contribution in [3.63, 3.8) is 0 Å². The van der Waals surface area contributed by atoms with Crippen LogP contribution in [0, 0.1) is 5.92 Å². The second-order valence-corrected chi connectivity index (χ2v) is 7.29. The lowest BCUT2D eigenvalue weighted by molar-refractivity contribution is -0.141. The van der Waals surface area contributed by atoms with E-state index in [0.29, 0.717) is 38.3 Å². The van der Waals surface area contributed by atoms with Gasteiger partial charge in [-0.25, -0.2) is 0 Å². The van der Waals surface area contributed by atoms with Gasteiger partial charge in [-0.1, -0.05) is 29.8 Å². The van der Waals surface area contributed by atoms with E-state index in [2.05, 4.69) is 21.2 Å². The zero-order valence-corrected chi connectivity index (χ0v) is 16.2. The van der Waals surface area contributed by atoms with Crippen LogP contribution in [0.4, 0.5) is 0 Å². The molecule has 3 amide bonds. The summed E-state index contributed by atoms with van der Waals surface area (Å²) in [7, 11) is 0. The highest BCUT2D eigenvalue weighted by Crippen LogP contribution is 2.11. The average molecular weight is 410 g/mol. The van der Waals surface area contributed by atoms with E-state index in [1.54, 1.807) is 29.2 Å². The number of carbonyl (C=O) groups excluding carboxylic acids is 3. The van der Waals surface area contributed by atoms with Gasteiger partial charge in [0.05, 0.1) is 0 Å². The van der Waals surface area contributed by atoms with Crippen molar-refractivity contribution >= 4 is 33.7 Å². The molecule has 0 atom stereocenters. The minimum atomic E-state index is -0.187. The monoisotopic (exact) mass is 409 g/mol. The first-order valence-electron chi connectivity index (χ1n) is 8.49.